The van der Waals surface area contributed by atoms with E-state index in [4.69, 9.17) is 10.5 Å². The molecule has 1 aromatic rings. The SMILES string of the molecule is CCCN(C(=O)C(CC(N)=O)NC(=O)OC(C)(C)C)C(C(=O)NCC(=O)OC)c1cc(C)ccc1C. The fraction of sp³-hybridized carbons (Fsp3) is 0.560. The Morgan fingerprint density at radius 1 is 1.11 bits per heavy atom. The van der Waals surface area contributed by atoms with Crippen LogP contribution in [0.5, 0.6) is 0 Å². The first-order chi connectivity index (χ1) is 16.7. The number of amides is 4. The average Bonchev–Trinajstić information content (AvgIpc) is 2.76. The number of alkyl carbamates (subject to hydrolysis) is 1. The summed E-state index contributed by atoms with van der Waals surface area (Å²) in [7, 11) is 1.19. The maximum absolute atomic E-state index is 13.8. The predicted molar refractivity (Wildman–Crippen MR) is 133 cm³/mol. The van der Waals surface area contributed by atoms with E-state index in [1.54, 1.807) is 33.8 Å². The van der Waals surface area contributed by atoms with Gasteiger partial charge in [0.05, 0.1) is 13.5 Å². The summed E-state index contributed by atoms with van der Waals surface area (Å²) < 4.78 is 9.84. The fourth-order valence-electron chi connectivity index (χ4n) is 3.49. The number of nitrogens with one attached hydrogen (secondary N) is 2. The van der Waals surface area contributed by atoms with Crippen molar-refractivity contribution in [1.29, 1.82) is 0 Å². The van der Waals surface area contributed by atoms with E-state index < -0.39 is 60.4 Å². The van der Waals surface area contributed by atoms with E-state index >= 15 is 0 Å². The Kier molecular flexibility index (Phi) is 11.4. The molecule has 0 heterocycles. The number of nitrogens with zero attached hydrogens (tertiary/aromatic N) is 1. The standard InChI is InChI=1S/C25H38N4O7/c1-8-11-29(23(33)18(13-19(26)30)28-24(34)36-25(4,5)6)21(22(32)27-14-20(31)35-7)17-12-15(2)9-10-16(17)3/h9-10,12,18,21H,8,11,13-14H2,1-7H3,(H2,26,30)(H,27,32)(H,28,34). The van der Waals surface area contributed by atoms with E-state index in [1.807, 2.05) is 26.0 Å². The van der Waals surface area contributed by atoms with Crippen molar-refractivity contribution in [3.05, 3.63) is 34.9 Å². The van der Waals surface area contributed by atoms with E-state index in [0.29, 0.717) is 12.0 Å². The largest absolute Gasteiger partial charge is 0.468 e. The van der Waals surface area contributed by atoms with Crippen molar-refractivity contribution >= 4 is 29.8 Å². The summed E-state index contributed by atoms with van der Waals surface area (Å²) in [5.41, 5.74) is 6.64. The minimum Gasteiger partial charge on any atom is -0.468 e. The number of benzene rings is 1. The van der Waals surface area contributed by atoms with Crippen molar-refractivity contribution in [2.24, 2.45) is 5.73 Å². The number of nitrogens with two attached hydrogens (primary N) is 1. The van der Waals surface area contributed by atoms with Gasteiger partial charge in [-0.15, -0.1) is 0 Å². The zero-order chi connectivity index (χ0) is 27.6. The van der Waals surface area contributed by atoms with Crippen LogP contribution in [0, 0.1) is 13.8 Å². The van der Waals surface area contributed by atoms with Crippen LogP contribution in [0.4, 0.5) is 4.79 Å². The molecule has 2 unspecified atom stereocenters. The molecule has 0 aliphatic rings. The van der Waals surface area contributed by atoms with E-state index in [1.165, 1.54) is 12.0 Å². The van der Waals surface area contributed by atoms with Gasteiger partial charge in [-0.05, 0) is 52.2 Å². The normalized spacial score (nSPS) is 12.6. The molecule has 0 saturated carbocycles. The second kappa shape index (κ2) is 13.5. The minimum atomic E-state index is -1.37. The van der Waals surface area contributed by atoms with Gasteiger partial charge >= 0.3 is 12.1 Å². The van der Waals surface area contributed by atoms with Gasteiger partial charge in [-0.2, -0.15) is 0 Å². The molecule has 36 heavy (non-hydrogen) atoms. The van der Waals surface area contributed by atoms with Crippen molar-refractivity contribution < 1.29 is 33.4 Å². The third-order valence-electron chi connectivity index (χ3n) is 5.07. The summed E-state index contributed by atoms with van der Waals surface area (Å²) in [4.78, 5) is 64.3. The smallest absolute Gasteiger partial charge is 0.408 e. The van der Waals surface area contributed by atoms with E-state index in [9.17, 15) is 24.0 Å². The number of ether oxygens (including phenoxy) is 2. The van der Waals surface area contributed by atoms with E-state index in [2.05, 4.69) is 15.4 Å². The van der Waals surface area contributed by atoms with E-state index in [-0.39, 0.29) is 6.54 Å². The first-order valence-electron chi connectivity index (χ1n) is 11.7. The van der Waals surface area contributed by atoms with E-state index in [0.717, 1.165) is 11.1 Å². The Labute approximate surface area is 212 Å². The summed E-state index contributed by atoms with van der Waals surface area (Å²) in [6.07, 6.45) is -0.939. The Morgan fingerprint density at radius 2 is 1.75 bits per heavy atom. The number of hydrogen-bond donors (Lipinski definition) is 3. The zero-order valence-corrected chi connectivity index (χ0v) is 22.1. The lowest BCUT2D eigenvalue weighted by Crippen LogP contribution is -2.54. The lowest BCUT2D eigenvalue weighted by molar-refractivity contribution is -0.145. The summed E-state index contributed by atoms with van der Waals surface area (Å²) in [5.74, 6) is -2.79. The maximum atomic E-state index is 13.8. The Balaban J connectivity index is 3.51. The molecular formula is C25H38N4O7. The predicted octanol–water partition coefficient (Wildman–Crippen LogP) is 1.64. The molecule has 4 amide bonds. The van der Waals surface area contributed by atoms with Crippen molar-refractivity contribution in [2.45, 2.75) is 72.1 Å². The van der Waals surface area contributed by atoms with Crippen molar-refractivity contribution in [1.82, 2.24) is 15.5 Å². The van der Waals surface area contributed by atoms with Crippen molar-refractivity contribution in [2.75, 3.05) is 20.2 Å². The van der Waals surface area contributed by atoms with Gasteiger partial charge in [-0.1, -0.05) is 30.7 Å². The molecule has 0 radical (unpaired) electrons. The molecule has 200 valence electrons. The second-order valence-electron chi connectivity index (χ2n) is 9.46. The summed E-state index contributed by atoms with van der Waals surface area (Å²) in [6.45, 7) is 10.1. The Morgan fingerprint density at radius 3 is 2.28 bits per heavy atom. The van der Waals surface area contributed by atoms with Gasteiger partial charge in [0.2, 0.25) is 17.7 Å². The van der Waals surface area contributed by atoms with Crippen LogP contribution in [-0.2, 0) is 28.7 Å². The lowest BCUT2D eigenvalue weighted by Gasteiger charge is -2.34. The number of esters is 1. The van der Waals surface area contributed by atoms with Crippen LogP contribution in [-0.4, -0.2) is 66.5 Å². The molecule has 0 aliphatic heterocycles. The number of methoxy groups -OCH3 is 1. The molecule has 4 N–H and O–H groups in total. The first-order valence-corrected chi connectivity index (χ1v) is 11.7. The van der Waals surface area contributed by atoms with Crippen LogP contribution in [0.3, 0.4) is 0 Å². The maximum Gasteiger partial charge on any atom is 0.408 e. The highest BCUT2D eigenvalue weighted by Crippen LogP contribution is 2.27. The molecule has 2 atom stereocenters. The Bertz CT molecular complexity index is 972. The molecule has 0 aromatic heterocycles. The highest BCUT2D eigenvalue weighted by molar-refractivity contribution is 5.95. The number of primary amides is 1. The van der Waals surface area contributed by atoms with Gasteiger partial charge < -0.3 is 30.7 Å². The van der Waals surface area contributed by atoms with Crippen LogP contribution in [0.1, 0.15) is 63.3 Å². The molecular weight excluding hydrogens is 468 g/mol. The fourth-order valence-corrected chi connectivity index (χ4v) is 3.49. The quantitative estimate of drug-likeness (QED) is 0.385. The van der Waals surface area contributed by atoms with Crippen LogP contribution >= 0.6 is 0 Å². The van der Waals surface area contributed by atoms with Gasteiger partial charge in [0.25, 0.3) is 0 Å². The molecule has 0 saturated heterocycles. The third kappa shape index (κ3) is 9.55. The van der Waals surface area contributed by atoms with Crippen LogP contribution in [0.15, 0.2) is 18.2 Å². The van der Waals surface area contributed by atoms with Gasteiger partial charge in [0.15, 0.2) is 0 Å². The van der Waals surface area contributed by atoms with Crippen molar-refractivity contribution in [3.63, 3.8) is 0 Å². The third-order valence-corrected chi connectivity index (χ3v) is 5.07. The monoisotopic (exact) mass is 506 g/mol. The van der Waals surface area contributed by atoms with Crippen LogP contribution < -0.4 is 16.4 Å². The van der Waals surface area contributed by atoms with Gasteiger partial charge in [0.1, 0.15) is 24.2 Å². The summed E-state index contributed by atoms with van der Waals surface area (Å²) >= 11 is 0. The van der Waals surface area contributed by atoms with Gasteiger partial charge in [-0.3, -0.25) is 19.2 Å². The molecule has 0 fully saturated rings. The number of hydrogen-bond acceptors (Lipinski definition) is 7. The first kappa shape index (κ1) is 30.4. The highest BCUT2D eigenvalue weighted by Gasteiger charge is 2.37. The molecule has 0 spiro atoms. The number of carbonyl (C=O) groups is 5. The highest BCUT2D eigenvalue weighted by atomic mass is 16.6. The molecule has 11 nitrogen and oxygen atoms in total. The van der Waals surface area contributed by atoms with Crippen LogP contribution in [0.2, 0.25) is 0 Å². The second-order valence-corrected chi connectivity index (χ2v) is 9.46. The van der Waals surface area contributed by atoms with Gasteiger partial charge in [-0.25, -0.2) is 4.79 Å². The summed E-state index contributed by atoms with van der Waals surface area (Å²) in [5, 5.41) is 4.93. The Hall–Kier alpha value is -3.63. The minimum absolute atomic E-state index is 0.119. The number of rotatable bonds is 11. The molecule has 1 rings (SSSR count). The molecule has 0 bridgehead atoms. The summed E-state index contributed by atoms with van der Waals surface area (Å²) in [6, 6.07) is 2.94. The van der Waals surface area contributed by atoms with Crippen LogP contribution in [0.25, 0.3) is 0 Å². The molecule has 1 aromatic carbocycles. The van der Waals surface area contributed by atoms with Gasteiger partial charge in [0, 0.05) is 6.54 Å². The lowest BCUT2D eigenvalue weighted by atomic mass is 9.95. The number of aryl methyl sites for hydroxylation is 2. The van der Waals surface area contributed by atoms with Crippen molar-refractivity contribution in [3.8, 4) is 0 Å². The average molecular weight is 507 g/mol. The zero-order valence-electron chi connectivity index (χ0n) is 22.1. The number of carbonyl (C=O) groups excluding carboxylic acids is 5. The molecule has 11 heteroatoms. The molecule has 0 aliphatic carbocycles. The topological polar surface area (TPSA) is 157 Å².